The Bertz CT molecular complexity index is 526. The van der Waals surface area contributed by atoms with Crippen LogP contribution in [0.2, 0.25) is 0 Å². The van der Waals surface area contributed by atoms with Gasteiger partial charge in [-0.3, -0.25) is 0 Å². The van der Waals surface area contributed by atoms with E-state index in [-0.39, 0.29) is 6.04 Å². The summed E-state index contributed by atoms with van der Waals surface area (Å²) in [5.41, 5.74) is 7.49. The first-order valence-corrected chi connectivity index (χ1v) is 8.06. The summed E-state index contributed by atoms with van der Waals surface area (Å²) >= 11 is 0. The summed E-state index contributed by atoms with van der Waals surface area (Å²) in [5, 5.41) is 0. The van der Waals surface area contributed by atoms with Crippen LogP contribution in [0.1, 0.15) is 37.8 Å². The lowest BCUT2D eigenvalue weighted by Gasteiger charge is -2.24. The Morgan fingerprint density at radius 1 is 1.37 bits per heavy atom. The molecule has 5 heteroatoms. The van der Waals surface area contributed by atoms with Gasteiger partial charge in [0.05, 0.1) is 4.90 Å². The normalized spacial score (nSPS) is 13.8. The second-order valence-corrected chi connectivity index (χ2v) is 6.95. The molecule has 1 aromatic rings. The zero-order valence-corrected chi connectivity index (χ0v) is 13.0. The largest absolute Gasteiger partial charge is 0.326 e. The maximum absolute atomic E-state index is 12.5. The van der Waals surface area contributed by atoms with E-state index < -0.39 is 10.0 Å². The molecule has 0 bridgehead atoms. The Labute approximate surface area is 116 Å². The van der Waals surface area contributed by atoms with Gasteiger partial charge >= 0.3 is 0 Å². The number of hydrogen-bond donors (Lipinski definition) is 1. The lowest BCUT2D eigenvalue weighted by atomic mass is 10.1. The van der Waals surface area contributed by atoms with Gasteiger partial charge in [0, 0.05) is 19.6 Å². The molecule has 0 aliphatic carbocycles. The van der Waals surface area contributed by atoms with E-state index in [1.165, 1.54) is 4.31 Å². The third kappa shape index (κ3) is 3.55. The van der Waals surface area contributed by atoms with Crippen molar-refractivity contribution in [2.45, 2.75) is 51.1 Å². The summed E-state index contributed by atoms with van der Waals surface area (Å²) in [6, 6.07) is 5.14. The van der Waals surface area contributed by atoms with Crippen molar-refractivity contribution < 1.29 is 8.42 Å². The summed E-state index contributed by atoms with van der Waals surface area (Å²) in [6.45, 7) is 6.30. The van der Waals surface area contributed by atoms with Crippen LogP contribution in [0.3, 0.4) is 0 Å². The van der Waals surface area contributed by atoms with Crippen molar-refractivity contribution in [3.8, 4) is 0 Å². The van der Waals surface area contributed by atoms with Crippen LogP contribution >= 0.6 is 0 Å². The van der Waals surface area contributed by atoms with Crippen LogP contribution in [-0.4, -0.2) is 25.8 Å². The van der Waals surface area contributed by atoms with Crippen LogP contribution in [0, 0.1) is 6.92 Å². The number of nitrogens with zero attached hydrogens (tertiary/aromatic N) is 1. The summed E-state index contributed by atoms with van der Waals surface area (Å²) in [4.78, 5) is 0.340. The van der Waals surface area contributed by atoms with Crippen molar-refractivity contribution in [3.63, 3.8) is 0 Å². The van der Waals surface area contributed by atoms with Crippen molar-refractivity contribution in [3.05, 3.63) is 29.3 Å². The van der Waals surface area contributed by atoms with Gasteiger partial charge in [-0.15, -0.1) is 0 Å². The number of aryl methyl sites for hydroxylation is 1. The number of hydrogen-bond acceptors (Lipinski definition) is 3. The molecule has 0 heterocycles. The zero-order chi connectivity index (χ0) is 14.6. The van der Waals surface area contributed by atoms with E-state index in [0.717, 1.165) is 24.0 Å². The molecule has 2 N–H and O–H groups in total. The molecule has 1 atom stereocenters. The van der Waals surface area contributed by atoms with Gasteiger partial charge in [0.2, 0.25) is 10.0 Å². The molecule has 1 aromatic carbocycles. The highest BCUT2D eigenvalue weighted by atomic mass is 32.2. The van der Waals surface area contributed by atoms with Crippen molar-refractivity contribution >= 4 is 10.0 Å². The Kier molecular flexibility index (Phi) is 5.52. The molecule has 0 spiro atoms. The Balaban J connectivity index is 3.10. The lowest BCUT2D eigenvalue weighted by Crippen LogP contribution is -2.35. The molecule has 1 rings (SSSR count). The topological polar surface area (TPSA) is 63.4 Å². The van der Waals surface area contributed by atoms with E-state index in [1.54, 1.807) is 25.2 Å². The SMILES string of the molecule is CCCC(C)N(C)S(=O)(=O)c1ccc(CN)c(C)c1. The fraction of sp³-hybridized carbons (Fsp3) is 0.571. The molecule has 19 heavy (non-hydrogen) atoms. The number of sulfonamides is 1. The van der Waals surface area contributed by atoms with Gasteiger partial charge in [-0.1, -0.05) is 19.4 Å². The van der Waals surface area contributed by atoms with Crippen LogP contribution in [0.25, 0.3) is 0 Å². The Morgan fingerprint density at radius 2 is 2.00 bits per heavy atom. The highest BCUT2D eigenvalue weighted by Gasteiger charge is 2.25. The standard InChI is InChI=1S/C14H24N2O2S/c1-5-6-12(3)16(4)19(17,18)14-8-7-13(10-15)11(2)9-14/h7-9,12H,5-6,10,15H2,1-4H3. The highest BCUT2D eigenvalue weighted by molar-refractivity contribution is 7.89. The molecule has 0 aromatic heterocycles. The van der Waals surface area contributed by atoms with Gasteiger partial charge in [-0.25, -0.2) is 8.42 Å². The molecule has 0 saturated heterocycles. The van der Waals surface area contributed by atoms with E-state index in [1.807, 2.05) is 13.8 Å². The molecule has 0 fully saturated rings. The first-order chi connectivity index (χ1) is 8.84. The van der Waals surface area contributed by atoms with Crippen LogP contribution in [0.15, 0.2) is 23.1 Å². The maximum atomic E-state index is 12.5. The number of rotatable bonds is 6. The van der Waals surface area contributed by atoms with Gasteiger partial charge in [-0.05, 0) is 43.5 Å². The van der Waals surface area contributed by atoms with Crippen LogP contribution in [-0.2, 0) is 16.6 Å². The minimum absolute atomic E-state index is 0.00416. The third-order valence-corrected chi connectivity index (χ3v) is 5.51. The molecular weight excluding hydrogens is 260 g/mol. The smallest absolute Gasteiger partial charge is 0.243 e. The molecule has 0 radical (unpaired) electrons. The molecule has 4 nitrogen and oxygen atoms in total. The minimum atomic E-state index is -3.42. The molecule has 108 valence electrons. The Morgan fingerprint density at radius 3 is 2.47 bits per heavy atom. The van der Waals surface area contributed by atoms with Gasteiger partial charge in [0.15, 0.2) is 0 Å². The van der Waals surface area contributed by atoms with Gasteiger partial charge < -0.3 is 5.73 Å². The third-order valence-electron chi connectivity index (χ3n) is 3.54. The molecule has 1 unspecified atom stereocenters. The fourth-order valence-electron chi connectivity index (χ4n) is 2.06. The van der Waals surface area contributed by atoms with Crippen molar-refractivity contribution in [1.29, 1.82) is 0 Å². The molecule has 0 saturated carbocycles. The maximum Gasteiger partial charge on any atom is 0.243 e. The quantitative estimate of drug-likeness (QED) is 0.871. The lowest BCUT2D eigenvalue weighted by molar-refractivity contribution is 0.368. The van der Waals surface area contributed by atoms with E-state index in [4.69, 9.17) is 5.73 Å². The van der Waals surface area contributed by atoms with Crippen molar-refractivity contribution in [2.75, 3.05) is 7.05 Å². The Hall–Kier alpha value is -0.910. The van der Waals surface area contributed by atoms with Crippen LogP contribution in [0.4, 0.5) is 0 Å². The fourth-order valence-corrected chi connectivity index (χ4v) is 3.54. The predicted octanol–water partition coefficient (Wildman–Crippen LogP) is 2.26. The first-order valence-electron chi connectivity index (χ1n) is 6.62. The summed E-state index contributed by atoms with van der Waals surface area (Å²) < 4.78 is 26.4. The summed E-state index contributed by atoms with van der Waals surface area (Å²) in [6.07, 6.45) is 1.82. The average Bonchev–Trinajstić information content (AvgIpc) is 2.37. The van der Waals surface area contributed by atoms with Gasteiger partial charge in [0.25, 0.3) is 0 Å². The summed E-state index contributed by atoms with van der Waals surface area (Å²) in [5.74, 6) is 0. The number of nitrogens with two attached hydrogens (primary N) is 1. The monoisotopic (exact) mass is 284 g/mol. The van der Waals surface area contributed by atoms with Gasteiger partial charge in [-0.2, -0.15) is 4.31 Å². The second kappa shape index (κ2) is 6.50. The summed E-state index contributed by atoms with van der Waals surface area (Å²) in [7, 11) is -1.77. The molecular formula is C14H24N2O2S. The highest BCUT2D eigenvalue weighted by Crippen LogP contribution is 2.21. The zero-order valence-electron chi connectivity index (χ0n) is 12.2. The number of benzene rings is 1. The molecule has 0 aliphatic heterocycles. The van der Waals surface area contributed by atoms with Crippen molar-refractivity contribution in [2.24, 2.45) is 5.73 Å². The van der Waals surface area contributed by atoms with E-state index in [2.05, 4.69) is 6.92 Å². The van der Waals surface area contributed by atoms with E-state index in [9.17, 15) is 8.42 Å². The van der Waals surface area contributed by atoms with Crippen molar-refractivity contribution in [1.82, 2.24) is 4.31 Å². The van der Waals surface area contributed by atoms with Crippen LogP contribution in [0.5, 0.6) is 0 Å². The van der Waals surface area contributed by atoms with E-state index in [0.29, 0.717) is 11.4 Å². The molecule has 0 amide bonds. The second-order valence-electron chi connectivity index (χ2n) is 4.95. The van der Waals surface area contributed by atoms with Crippen LogP contribution < -0.4 is 5.73 Å². The minimum Gasteiger partial charge on any atom is -0.326 e. The predicted molar refractivity (Wildman–Crippen MR) is 78.4 cm³/mol. The van der Waals surface area contributed by atoms with E-state index >= 15 is 0 Å². The average molecular weight is 284 g/mol. The first kappa shape index (κ1) is 16.1. The van der Waals surface area contributed by atoms with Gasteiger partial charge in [0.1, 0.15) is 0 Å². The molecule has 0 aliphatic rings.